The highest BCUT2D eigenvalue weighted by Crippen LogP contribution is 2.27. The van der Waals surface area contributed by atoms with Crippen molar-refractivity contribution in [2.75, 3.05) is 0 Å². The van der Waals surface area contributed by atoms with Gasteiger partial charge in [-0.25, -0.2) is 9.67 Å². The number of nitrogens with one attached hydrogen (secondary N) is 1. The van der Waals surface area contributed by atoms with Gasteiger partial charge in [0.2, 0.25) is 0 Å². The predicted octanol–water partition coefficient (Wildman–Crippen LogP) is 3.69. The number of amides is 1. The van der Waals surface area contributed by atoms with E-state index in [0.717, 1.165) is 28.1 Å². The second-order valence-corrected chi connectivity index (χ2v) is 7.63. The molecule has 1 amide bonds. The van der Waals surface area contributed by atoms with Crippen molar-refractivity contribution in [3.63, 3.8) is 0 Å². The van der Waals surface area contributed by atoms with Crippen LogP contribution >= 0.6 is 0 Å². The summed E-state index contributed by atoms with van der Waals surface area (Å²) >= 11 is 0. The summed E-state index contributed by atoms with van der Waals surface area (Å²) < 4.78 is 1.89. The van der Waals surface area contributed by atoms with Crippen LogP contribution in [0.25, 0.3) is 11.0 Å². The molecule has 0 bridgehead atoms. The summed E-state index contributed by atoms with van der Waals surface area (Å²) in [6, 6.07) is 7.31. The van der Waals surface area contributed by atoms with E-state index in [2.05, 4.69) is 41.2 Å². The number of nitrogens with zero attached hydrogens (tertiary/aromatic N) is 4. The molecule has 3 rings (SSSR count). The third-order valence-corrected chi connectivity index (χ3v) is 4.30. The summed E-state index contributed by atoms with van der Waals surface area (Å²) in [7, 11) is 0. The van der Waals surface area contributed by atoms with Crippen LogP contribution in [0.15, 0.2) is 30.5 Å². The van der Waals surface area contributed by atoms with Crippen molar-refractivity contribution in [3.05, 3.63) is 53.1 Å². The molecular weight excluding hydrogens is 326 g/mol. The molecular formula is C20H25N5O. The van der Waals surface area contributed by atoms with Crippen molar-refractivity contribution in [2.24, 2.45) is 0 Å². The molecule has 0 aliphatic rings. The molecule has 0 saturated heterocycles. The summed E-state index contributed by atoms with van der Waals surface area (Å²) in [6.07, 6.45) is 1.73. The quantitative estimate of drug-likeness (QED) is 0.781. The third-order valence-electron chi connectivity index (χ3n) is 4.30. The Hall–Kier alpha value is -2.76. The maximum atomic E-state index is 13.0. The fraction of sp³-hybridized carbons (Fsp3) is 0.400. The second-order valence-electron chi connectivity index (χ2n) is 7.63. The minimum atomic E-state index is -0.220. The molecule has 0 radical (unpaired) electrons. The van der Waals surface area contributed by atoms with Crippen LogP contribution in [0.4, 0.5) is 0 Å². The Balaban J connectivity index is 2.05. The fourth-order valence-corrected chi connectivity index (χ4v) is 3.04. The van der Waals surface area contributed by atoms with Crippen molar-refractivity contribution in [3.8, 4) is 0 Å². The van der Waals surface area contributed by atoms with Gasteiger partial charge in [0.15, 0.2) is 5.65 Å². The van der Waals surface area contributed by atoms with E-state index in [4.69, 9.17) is 0 Å². The highest BCUT2D eigenvalue weighted by Gasteiger charge is 2.24. The van der Waals surface area contributed by atoms with Gasteiger partial charge in [-0.1, -0.05) is 6.07 Å². The molecule has 3 aromatic rings. The van der Waals surface area contributed by atoms with Crippen molar-refractivity contribution >= 4 is 16.9 Å². The molecule has 0 aliphatic heterocycles. The monoisotopic (exact) mass is 351 g/mol. The van der Waals surface area contributed by atoms with Crippen LogP contribution in [0.2, 0.25) is 0 Å². The zero-order chi connectivity index (χ0) is 19.1. The molecule has 0 aromatic carbocycles. The zero-order valence-corrected chi connectivity index (χ0v) is 16.2. The van der Waals surface area contributed by atoms with Crippen molar-refractivity contribution < 1.29 is 4.79 Å². The molecule has 3 aromatic heterocycles. The number of aryl methyl sites for hydroxylation is 2. The van der Waals surface area contributed by atoms with Gasteiger partial charge in [0.25, 0.3) is 5.91 Å². The number of carbonyl (C=O) groups excluding carboxylic acids is 1. The van der Waals surface area contributed by atoms with Gasteiger partial charge >= 0.3 is 0 Å². The Kier molecular flexibility index (Phi) is 4.52. The minimum absolute atomic E-state index is 0.143. The fourth-order valence-electron chi connectivity index (χ4n) is 3.04. The SMILES string of the molecule is Cc1cc(C(=O)N[C@H](C)c2ccccn2)c2c(C)nn(C(C)(C)C)c2n1. The summed E-state index contributed by atoms with van der Waals surface area (Å²) in [5.74, 6) is -0.143. The topological polar surface area (TPSA) is 72.7 Å². The van der Waals surface area contributed by atoms with Gasteiger partial charge in [0.1, 0.15) is 0 Å². The van der Waals surface area contributed by atoms with E-state index >= 15 is 0 Å². The Morgan fingerprint density at radius 3 is 2.58 bits per heavy atom. The molecule has 6 nitrogen and oxygen atoms in total. The number of pyridine rings is 2. The Morgan fingerprint density at radius 1 is 1.23 bits per heavy atom. The number of fused-ring (bicyclic) bond motifs is 1. The first-order valence-corrected chi connectivity index (χ1v) is 8.77. The van der Waals surface area contributed by atoms with E-state index in [1.165, 1.54) is 0 Å². The van der Waals surface area contributed by atoms with E-state index in [9.17, 15) is 4.79 Å². The van der Waals surface area contributed by atoms with Crippen LogP contribution < -0.4 is 5.32 Å². The van der Waals surface area contributed by atoms with Gasteiger partial charge in [-0.05, 0) is 59.7 Å². The first-order chi connectivity index (χ1) is 12.2. The van der Waals surface area contributed by atoms with Crippen LogP contribution in [0, 0.1) is 13.8 Å². The summed E-state index contributed by atoms with van der Waals surface area (Å²) in [4.78, 5) is 22.0. The minimum Gasteiger partial charge on any atom is -0.344 e. The molecule has 1 N–H and O–H groups in total. The molecule has 6 heteroatoms. The lowest BCUT2D eigenvalue weighted by Crippen LogP contribution is -2.28. The van der Waals surface area contributed by atoms with Gasteiger partial charge in [-0.2, -0.15) is 5.10 Å². The molecule has 0 fully saturated rings. The maximum Gasteiger partial charge on any atom is 0.252 e. The van der Waals surface area contributed by atoms with Crippen LogP contribution in [-0.4, -0.2) is 25.7 Å². The van der Waals surface area contributed by atoms with Crippen LogP contribution in [0.5, 0.6) is 0 Å². The highest BCUT2D eigenvalue weighted by molar-refractivity contribution is 6.06. The van der Waals surface area contributed by atoms with Gasteiger partial charge in [-0.3, -0.25) is 9.78 Å². The lowest BCUT2D eigenvalue weighted by molar-refractivity contribution is 0.0940. The lowest BCUT2D eigenvalue weighted by Gasteiger charge is -2.20. The largest absolute Gasteiger partial charge is 0.344 e. The normalized spacial score (nSPS) is 13.0. The number of hydrogen-bond acceptors (Lipinski definition) is 4. The van der Waals surface area contributed by atoms with Crippen molar-refractivity contribution in [1.82, 2.24) is 25.1 Å². The summed E-state index contributed by atoms with van der Waals surface area (Å²) in [5, 5.41) is 8.49. The Labute approximate surface area is 153 Å². The van der Waals surface area contributed by atoms with E-state index in [0.29, 0.717) is 5.56 Å². The molecule has 0 spiro atoms. The van der Waals surface area contributed by atoms with Crippen LogP contribution in [0.3, 0.4) is 0 Å². The summed E-state index contributed by atoms with van der Waals surface area (Å²) in [6.45, 7) is 12.0. The molecule has 26 heavy (non-hydrogen) atoms. The maximum absolute atomic E-state index is 13.0. The standard InChI is InChI=1S/C20H25N5O/c1-12-11-15(19(26)23-13(2)16-9-7-8-10-21-16)17-14(3)24-25(18(17)22-12)20(4,5)6/h7-11,13H,1-6H3,(H,23,26)/t13-/m1/s1. The van der Waals surface area contributed by atoms with Gasteiger partial charge in [0.05, 0.1) is 33.9 Å². The molecule has 0 saturated carbocycles. The second kappa shape index (κ2) is 6.52. The molecule has 136 valence electrons. The molecule has 0 aliphatic carbocycles. The van der Waals surface area contributed by atoms with Crippen molar-refractivity contribution in [1.29, 1.82) is 0 Å². The van der Waals surface area contributed by atoms with E-state index in [-0.39, 0.29) is 17.5 Å². The van der Waals surface area contributed by atoms with Gasteiger partial charge in [0, 0.05) is 11.9 Å². The predicted molar refractivity (Wildman–Crippen MR) is 102 cm³/mol. The molecule has 3 heterocycles. The Morgan fingerprint density at radius 2 is 1.96 bits per heavy atom. The van der Waals surface area contributed by atoms with Crippen LogP contribution in [-0.2, 0) is 5.54 Å². The van der Waals surface area contributed by atoms with E-state index in [1.54, 1.807) is 6.20 Å². The highest BCUT2D eigenvalue weighted by atomic mass is 16.1. The average molecular weight is 351 g/mol. The number of hydrogen-bond donors (Lipinski definition) is 1. The molecule has 1 atom stereocenters. The third kappa shape index (κ3) is 3.31. The smallest absolute Gasteiger partial charge is 0.252 e. The first-order valence-electron chi connectivity index (χ1n) is 8.77. The van der Waals surface area contributed by atoms with E-state index in [1.807, 2.05) is 49.7 Å². The van der Waals surface area contributed by atoms with Gasteiger partial charge < -0.3 is 5.32 Å². The zero-order valence-electron chi connectivity index (χ0n) is 16.2. The average Bonchev–Trinajstić information content (AvgIpc) is 2.91. The number of carbonyl (C=O) groups is 1. The van der Waals surface area contributed by atoms with Gasteiger partial charge in [-0.15, -0.1) is 0 Å². The van der Waals surface area contributed by atoms with E-state index < -0.39 is 0 Å². The number of rotatable bonds is 3. The van der Waals surface area contributed by atoms with Crippen molar-refractivity contribution in [2.45, 2.75) is 53.1 Å². The number of aromatic nitrogens is 4. The Bertz CT molecular complexity index is 954. The lowest BCUT2D eigenvalue weighted by atomic mass is 10.1. The summed E-state index contributed by atoms with van der Waals surface area (Å²) in [5.41, 5.74) is 3.54. The molecule has 0 unspecified atom stereocenters. The first kappa shape index (κ1) is 18.0. The van der Waals surface area contributed by atoms with Crippen LogP contribution in [0.1, 0.15) is 61.2 Å².